The molecule has 6 heteroatoms. The molecule has 1 aliphatic carbocycles. The summed E-state index contributed by atoms with van der Waals surface area (Å²) < 4.78 is 5.84. The van der Waals surface area contributed by atoms with Crippen LogP contribution in [0.4, 0.5) is 5.69 Å². The molecular weight excluding hydrogens is 450 g/mol. The first kappa shape index (κ1) is 23.5. The first-order valence-corrected chi connectivity index (χ1v) is 13.4. The monoisotopic (exact) mass is 487 g/mol. The van der Waals surface area contributed by atoms with Gasteiger partial charge in [0.15, 0.2) is 0 Å². The summed E-state index contributed by atoms with van der Waals surface area (Å²) in [5.41, 5.74) is 3.86. The Bertz CT molecular complexity index is 1170. The number of anilines is 1. The first-order valence-electron chi connectivity index (χ1n) is 13.4. The van der Waals surface area contributed by atoms with E-state index in [-0.39, 0.29) is 34.9 Å². The van der Waals surface area contributed by atoms with Crippen molar-refractivity contribution in [1.29, 1.82) is 0 Å². The van der Waals surface area contributed by atoms with Crippen molar-refractivity contribution >= 4 is 17.5 Å². The quantitative estimate of drug-likeness (QED) is 0.607. The number of fused-ring (bicyclic) bond motifs is 3. The Morgan fingerprint density at radius 3 is 2.61 bits per heavy atom. The molecule has 36 heavy (non-hydrogen) atoms. The second-order valence-corrected chi connectivity index (χ2v) is 12.5. The lowest BCUT2D eigenvalue weighted by Crippen LogP contribution is -2.38. The fourth-order valence-corrected chi connectivity index (χ4v) is 7.45. The zero-order chi connectivity index (χ0) is 25.1. The number of rotatable bonds is 5. The smallest absolute Gasteiger partial charge is 0.256 e. The Morgan fingerprint density at radius 2 is 1.86 bits per heavy atom. The zero-order valence-electron chi connectivity index (χ0n) is 21.6. The van der Waals surface area contributed by atoms with E-state index in [0.717, 1.165) is 61.2 Å². The third-order valence-electron chi connectivity index (χ3n) is 8.59. The minimum absolute atomic E-state index is 0.0435. The van der Waals surface area contributed by atoms with Gasteiger partial charge in [0.1, 0.15) is 6.17 Å². The number of carbonyl (C=O) groups excluding carboxylic acids is 2. The largest absolute Gasteiger partial charge is 0.376 e. The van der Waals surface area contributed by atoms with E-state index in [9.17, 15) is 9.59 Å². The number of nitrogens with zero attached hydrogens (tertiary/aromatic N) is 2. The molecule has 2 amide bonds. The molecule has 2 bridgehead atoms. The van der Waals surface area contributed by atoms with Crippen molar-refractivity contribution in [3.05, 3.63) is 65.2 Å². The van der Waals surface area contributed by atoms with Gasteiger partial charge in [-0.05, 0) is 73.3 Å². The molecule has 6 nitrogen and oxygen atoms in total. The van der Waals surface area contributed by atoms with Crippen LogP contribution in [0.1, 0.15) is 85.3 Å². The minimum Gasteiger partial charge on any atom is -0.376 e. The van der Waals surface area contributed by atoms with Gasteiger partial charge >= 0.3 is 0 Å². The Kier molecular flexibility index (Phi) is 5.63. The summed E-state index contributed by atoms with van der Waals surface area (Å²) in [6.07, 6.45) is 5.21. The van der Waals surface area contributed by atoms with Gasteiger partial charge in [-0.25, -0.2) is 0 Å². The highest BCUT2D eigenvalue weighted by molar-refractivity contribution is 5.99. The number of likely N-dealkylation sites (tertiary alicyclic amines) is 1. The molecule has 0 aromatic heterocycles. The maximum atomic E-state index is 13.5. The Morgan fingerprint density at radius 1 is 1.08 bits per heavy atom. The van der Waals surface area contributed by atoms with Gasteiger partial charge in [-0.1, -0.05) is 39.0 Å². The molecule has 2 aromatic carbocycles. The number of ether oxygens (including phenoxy) is 1. The average molecular weight is 488 g/mol. The summed E-state index contributed by atoms with van der Waals surface area (Å²) in [5, 5.41) is 3.57. The third-order valence-corrected chi connectivity index (χ3v) is 8.59. The zero-order valence-corrected chi connectivity index (χ0v) is 21.6. The van der Waals surface area contributed by atoms with Crippen LogP contribution in [0.25, 0.3) is 0 Å². The average Bonchev–Trinajstić information content (AvgIpc) is 3.51. The molecule has 3 fully saturated rings. The van der Waals surface area contributed by atoms with E-state index >= 15 is 0 Å². The number of carbonyl (C=O) groups is 2. The standard InChI is InChI=1S/C30H37N3O3/c1-29(2)15-22-16-30(3,18-29)19-33(22)27(34)20-10-12-21(13-11-20)31-26-24-8-4-5-9-25(24)28(35)32(26)17-23-7-6-14-36-23/h4-5,8-13,22-23,26,31H,6-7,14-19H2,1-3H3. The van der Waals surface area contributed by atoms with Gasteiger partial charge in [-0.3, -0.25) is 9.59 Å². The number of hydrogen-bond acceptors (Lipinski definition) is 4. The molecule has 0 spiro atoms. The lowest BCUT2D eigenvalue weighted by molar-refractivity contribution is 0.0489. The Labute approximate surface area is 214 Å². The van der Waals surface area contributed by atoms with E-state index in [1.807, 2.05) is 53.4 Å². The van der Waals surface area contributed by atoms with Crippen LogP contribution >= 0.6 is 0 Å². The molecule has 1 saturated carbocycles. The molecule has 190 valence electrons. The normalized spacial score (nSPS) is 30.5. The maximum absolute atomic E-state index is 13.5. The third kappa shape index (κ3) is 4.19. The molecule has 0 radical (unpaired) electrons. The van der Waals surface area contributed by atoms with Crippen LogP contribution in [0.15, 0.2) is 48.5 Å². The van der Waals surface area contributed by atoms with Gasteiger partial charge in [-0.15, -0.1) is 0 Å². The summed E-state index contributed by atoms with van der Waals surface area (Å²) in [6, 6.07) is 15.9. The molecule has 2 saturated heterocycles. The highest BCUT2D eigenvalue weighted by Crippen LogP contribution is 2.52. The topological polar surface area (TPSA) is 61.9 Å². The molecule has 1 N–H and O–H groups in total. The van der Waals surface area contributed by atoms with Gasteiger partial charge in [0.25, 0.3) is 11.8 Å². The highest BCUT2D eigenvalue weighted by atomic mass is 16.5. The predicted molar refractivity (Wildman–Crippen MR) is 140 cm³/mol. The first-order chi connectivity index (χ1) is 17.2. The number of amides is 2. The van der Waals surface area contributed by atoms with Crippen molar-refractivity contribution in [2.45, 2.75) is 71.2 Å². The molecular formula is C30H37N3O3. The van der Waals surface area contributed by atoms with E-state index in [0.29, 0.717) is 12.6 Å². The van der Waals surface area contributed by atoms with Crippen molar-refractivity contribution in [2.75, 3.05) is 25.0 Å². The SMILES string of the molecule is CC1(C)CC2CC(C)(CN2C(=O)c2ccc(NC3c4ccccc4C(=O)N3CC3CCCO3)cc2)C1. The second kappa shape index (κ2) is 8.62. The van der Waals surface area contributed by atoms with Gasteiger partial charge < -0.3 is 19.9 Å². The Hall–Kier alpha value is -2.86. The summed E-state index contributed by atoms with van der Waals surface area (Å²) >= 11 is 0. The van der Waals surface area contributed by atoms with Crippen LogP contribution in [0.3, 0.4) is 0 Å². The number of benzene rings is 2. The molecule has 6 rings (SSSR count). The highest BCUT2D eigenvalue weighted by Gasteiger charge is 2.51. The Balaban J connectivity index is 1.19. The van der Waals surface area contributed by atoms with Crippen molar-refractivity contribution in [3.63, 3.8) is 0 Å². The van der Waals surface area contributed by atoms with Crippen LogP contribution in [-0.2, 0) is 4.74 Å². The van der Waals surface area contributed by atoms with Gasteiger partial charge in [0.05, 0.1) is 6.10 Å². The van der Waals surface area contributed by atoms with E-state index in [2.05, 4.69) is 31.0 Å². The van der Waals surface area contributed by atoms with Crippen LogP contribution < -0.4 is 5.32 Å². The summed E-state index contributed by atoms with van der Waals surface area (Å²) in [5.74, 6) is 0.177. The van der Waals surface area contributed by atoms with E-state index < -0.39 is 0 Å². The summed E-state index contributed by atoms with van der Waals surface area (Å²) in [7, 11) is 0. The van der Waals surface area contributed by atoms with Gasteiger partial charge in [0, 0.05) is 48.1 Å². The van der Waals surface area contributed by atoms with Crippen LogP contribution in [-0.4, -0.2) is 53.5 Å². The lowest BCUT2D eigenvalue weighted by atomic mass is 9.65. The maximum Gasteiger partial charge on any atom is 0.256 e. The number of nitrogens with one attached hydrogen (secondary N) is 1. The van der Waals surface area contributed by atoms with Crippen molar-refractivity contribution < 1.29 is 14.3 Å². The van der Waals surface area contributed by atoms with Crippen LogP contribution in [0.5, 0.6) is 0 Å². The molecule has 2 aromatic rings. The van der Waals surface area contributed by atoms with E-state index in [1.54, 1.807) is 0 Å². The molecule has 4 aliphatic rings. The van der Waals surface area contributed by atoms with Crippen LogP contribution in [0, 0.1) is 10.8 Å². The number of hydrogen-bond donors (Lipinski definition) is 1. The molecule has 3 heterocycles. The van der Waals surface area contributed by atoms with E-state index in [1.165, 1.54) is 6.42 Å². The molecule has 4 atom stereocenters. The van der Waals surface area contributed by atoms with Crippen molar-refractivity contribution in [2.24, 2.45) is 10.8 Å². The minimum atomic E-state index is -0.250. The fraction of sp³-hybridized carbons (Fsp3) is 0.533. The lowest BCUT2D eigenvalue weighted by Gasteiger charge is -2.39. The van der Waals surface area contributed by atoms with Crippen LogP contribution in [0.2, 0.25) is 0 Å². The van der Waals surface area contributed by atoms with Gasteiger partial charge in [0.2, 0.25) is 0 Å². The molecule has 3 aliphatic heterocycles. The van der Waals surface area contributed by atoms with Crippen molar-refractivity contribution in [1.82, 2.24) is 9.80 Å². The second-order valence-electron chi connectivity index (χ2n) is 12.5. The fourth-order valence-electron chi connectivity index (χ4n) is 7.45. The van der Waals surface area contributed by atoms with Gasteiger partial charge in [-0.2, -0.15) is 0 Å². The predicted octanol–water partition coefficient (Wildman–Crippen LogP) is 5.47. The summed E-state index contributed by atoms with van der Waals surface area (Å²) in [6.45, 7) is 9.19. The summed E-state index contributed by atoms with van der Waals surface area (Å²) in [4.78, 5) is 30.7. The van der Waals surface area contributed by atoms with E-state index in [4.69, 9.17) is 4.74 Å². The molecule has 4 unspecified atom stereocenters. The van der Waals surface area contributed by atoms with Crippen molar-refractivity contribution in [3.8, 4) is 0 Å².